The number of aliphatic hydroxyl groups is 3. The van der Waals surface area contributed by atoms with Crippen molar-refractivity contribution >= 4 is 0 Å². The highest BCUT2D eigenvalue weighted by atomic mass is 16.5. The van der Waals surface area contributed by atoms with Crippen LogP contribution in [0.2, 0.25) is 0 Å². The zero-order valence-corrected chi connectivity index (χ0v) is 7.34. The molecule has 1 aliphatic heterocycles. The highest BCUT2D eigenvalue weighted by Crippen LogP contribution is 2.20. The Hall–Kier alpha value is -0.160. The van der Waals surface area contributed by atoms with Crippen LogP contribution in [0.5, 0.6) is 0 Å². The van der Waals surface area contributed by atoms with E-state index < -0.39 is 18.3 Å². The van der Waals surface area contributed by atoms with Crippen molar-refractivity contribution in [2.75, 3.05) is 6.61 Å². The molecule has 0 amide bonds. The van der Waals surface area contributed by atoms with Crippen molar-refractivity contribution in [1.29, 1.82) is 0 Å². The number of ether oxygens (including phenoxy) is 1. The van der Waals surface area contributed by atoms with Gasteiger partial charge in [0, 0.05) is 0 Å². The first-order valence-corrected chi connectivity index (χ1v) is 4.20. The van der Waals surface area contributed by atoms with Gasteiger partial charge in [0.1, 0.15) is 18.3 Å². The van der Waals surface area contributed by atoms with E-state index >= 15 is 0 Å². The molecule has 1 saturated heterocycles. The SMILES string of the molecule is C.CC(C)C1OCC(O)C(O)C1O. The zero-order chi connectivity index (χ0) is 9.30. The third kappa shape index (κ3) is 2.64. The van der Waals surface area contributed by atoms with Crippen molar-refractivity contribution in [2.45, 2.75) is 45.7 Å². The average Bonchev–Trinajstić information content (AvgIpc) is 2.00. The Bertz CT molecular complexity index is 149. The van der Waals surface area contributed by atoms with Gasteiger partial charge in [0.25, 0.3) is 0 Å². The van der Waals surface area contributed by atoms with E-state index in [0.29, 0.717) is 0 Å². The second kappa shape index (κ2) is 4.91. The van der Waals surface area contributed by atoms with Crippen LogP contribution in [-0.4, -0.2) is 46.3 Å². The summed E-state index contributed by atoms with van der Waals surface area (Å²) in [6.07, 6.45) is -3.39. The monoisotopic (exact) mass is 192 g/mol. The molecule has 1 rings (SSSR count). The topological polar surface area (TPSA) is 69.9 Å². The van der Waals surface area contributed by atoms with Crippen LogP contribution in [0.25, 0.3) is 0 Å². The van der Waals surface area contributed by atoms with Crippen molar-refractivity contribution in [3.8, 4) is 0 Å². The molecule has 13 heavy (non-hydrogen) atoms. The number of hydrogen-bond acceptors (Lipinski definition) is 4. The molecular formula is C9H20O4. The van der Waals surface area contributed by atoms with Crippen LogP contribution in [0, 0.1) is 5.92 Å². The first kappa shape index (κ1) is 12.8. The molecule has 4 nitrogen and oxygen atoms in total. The van der Waals surface area contributed by atoms with Crippen molar-refractivity contribution in [1.82, 2.24) is 0 Å². The van der Waals surface area contributed by atoms with E-state index in [0.717, 1.165) is 0 Å². The highest BCUT2D eigenvalue weighted by molar-refractivity contribution is 4.87. The van der Waals surface area contributed by atoms with E-state index in [9.17, 15) is 10.2 Å². The van der Waals surface area contributed by atoms with Crippen LogP contribution in [0.4, 0.5) is 0 Å². The zero-order valence-electron chi connectivity index (χ0n) is 7.34. The predicted octanol–water partition coefficient (Wildman–Crippen LogP) is -0.240. The largest absolute Gasteiger partial charge is 0.388 e. The maximum atomic E-state index is 9.44. The second-order valence-electron chi connectivity index (χ2n) is 3.59. The Morgan fingerprint density at radius 3 is 2.15 bits per heavy atom. The van der Waals surface area contributed by atoms with Gasteiger partial charge in [-0.15, -0.1) is 0 Å². The van der Waals surface area contributed by atoms with Crippen LogP contribution in [0.1, 0.15) is 21.3 Å². The maximum absolute atomic E-state index is 9.44. The van der Waals surface area contributed by atoms with Crippen molar-refractivity contribution < 1.29 is 20.1 Å². The van der Waals surface area contributed by atoms with E-state index in [1.54, 1.807) is 0 Å². The smallest absolute Gasteiger partial charge is 0.111 e. The summed E-state index contributed by atoms with van der Waals surface area (Å²) in [6, 6.07) is 0. The van der Waals surface area contributed by atoms with Gasteiger partial charge in [0.05, 0.1) is 12.7 Å². The molecule has 0 aromatic carbocycles. The third-order valence-electron chi connectivity index (χ3n) is 2.20. The van der Waals surface area contributed by atoms with Crippen LogP contribution < -0.4 is 0 Å². The molecule has 1 heterocycles. The minimum atomic E-state index is -1.08. The van der Waals surface area contributed by atoms with Crippen LogP contribution in [0.15, 0.2) is 0 Å². The minimum Gasteiger partial charge on any atom is -0.388 e. The van der Waals surface area contributed by atoms with Gasteiger partial charge in [-0.3, -0.25) is 0 Å². The van der Waals surface area contributed by atoms with E-state index in [4.69, 9.17) is 9.84 Å². The van der Waals surface area contributed by atoms with Crippen LogP contribution in [0.3, 0.4) is 0 Å². The lowest BCUT2D eigenvalue weighted by molar-refractivity contribution is -0.197. The fraction of sp³-hybridized carbons (Fsp3) is 1.00. The summed E-state index contributed by atoms with van der Waals surface area (Å²) in [5, 5.41) is 27.8. The summed E-state index contributed by atoms with van der Waals surface area (Å²) in [7, 11) is 0. The van der Waals surface area contributed by atoms with Crippen molar-refractivity contribution in [2.24, 2.45) is 5.92 Å². The molecule has 0 spiro atoms. The lowest BCUT2D eigenvalue weighted by Crippen LogP contribution is -2.54. The first-order valence-electron chi connectivity index (χ1n) is 4.20. The molecule has 4 heteroatoms. The Morgan fingerprint density at radius 1 is 1.15 bits per heavy atom. The van der Waals surface area contributed by atoms with Gasteiger partial charge >= 0.3 is 0 Å². The second-order valence-corrected chi connectivity index (χ2v) is 3.59. The molecule has 1 fully saturated rings. The summed E-state index contributed by atoms with van der Waals surface area (Å²) < 4.78 is 5.17. The average molecular weight is 192 g/mol. The van der Waals surface area contributed by atoms with E-state index in [1.807, 2.05) is 13.8 Å². The molecule has 0 bridgehead atoms. The summed E-state index contributed by atoms with van der Waals surface area (Å²) >= 11 is 0. The lowest BCUT2D eigenvalue weighted by Gasteiger charge is -2.37. The van der Waals surface area contributed by atoms with Crippen LogP contribution in [-0.2, 0) is 4.74 Å². The van der Waals surface area contributed by atoms with E-state index in [2.05, 4.69) is 0 Å². The quantitative estimate of drug-likeness (QED) is 0.536. The Morgan fingerprint density at radius 2 is 1.69 bits per heavy atom. The van der Waals surface area contributed by atoms with Gasteiger partial charge in [-0.1, -0.05) is 21.3 Å². The predicted molar refractivity (Wildman–Crippen MR) is 49.3 cm³/mol. The first-order chi connectivity index (χ1) is 5.54. The molecular weight excluding hydrogens is 172 g/mol. The highest BCUT2D eigenvalue weighted by Gasteiger charge is 2.38. The van der Waals surface area contributed by atoms with Gasteiger partial charge in [-0.05, 0) is 5.92 Å². The Balaban J connectivity index is 0.00000144. The summed E-state index contributed by atoms with van der Waals surface area (Å²) in [5.74, 6) is 0.141. The molecule has 0 aromatic heterocycles. The van der Waals surface area contributed by atoms with Gasteiger partial charge < -0.3 is 20.1 Å². The van der Waals surface area contributed by atoms with Gasteiger partial charge in [-0.25, -0.2) is 0 Å². The molecule has 1 aliphatic rings. The lowest BCUT2D eigenvalue weighted by atomic mass is 9.93. The van der Waals surface area contributed by atoms with Gasteiger partial charge in [0.2, 0.25) is 0 Å². The maximum Gasteiger partial charge on any atom is 0.111 e. The summed E-state index contributed by atoms with van der Waals surface area (Å²) in [4.78, 5) is 0. The Kier molecular flexibility index (Phi) is 4.85. The third-order valence-corrected chi connectivity index (χ3v) is 2.20. The number of hydrogen-bond donors (Lipinski definition) is 3. The molecule has 0 saturated carbocycles. The molecule has 3 N–H and O–H groups in total. The molecule has 0 radical (unpaired) electrons. The number of aliphatic hydroxyl groups excluding tert-OH is 3. The summed E-state index contributed by atoms with van der Waals surface area (Å²) in [6.45, 7) is 3.90. The molecule has 4 unspecified atom stereocenters. The fourth-order valence-electron chi connectivity index (χ4n) is 1.42. The normalized spacial score (nSPS) is 40.2. The van der Waals surface area contributed by atoms with Crippen LogP contribution >= 0.6 is 0 Å². The van der Waals surface area contributed by atoms with E-state index in [1.165, 1.54) is 0 Å². The van der Waals surface area contributed by atoms with Gasteiger partial charge in [-0.2, -0.15) is 0 Å². The molecule has 0 aromatic rings. The van der Waals surface area contributed by atoms with Crippen molar-refractivity contribution in [3.05, 3.63) is 0 Å². The van der Waals surface area contributed by atoms with Gasteiger partial charge in [0.15, 0.2) is 0 Å². The van der Waals surface area contributed by atoms with E-state index in [-0.39, 0.29) is 26.1 Å². The standard InChI is InChI=1S/C8H16O4.CH4/c1-4(2)8-7(11)6(10)5(9)3-12-8;/h4-11H,3H2,1-2H3;1H4. The fourth-order valence-corrected chi connectivity index (χ4v) is 1.42. The molecule has 80 valence electrons. The van der Waals surface area contributed by atoms with Crippen molar-refractivity contribution in [3.63, 3.8) is 0 Å². The number of rotatable bonds is 1. The Labute approximate surface area is 79.2 Å². The summed E-state index contributed by atoms with van der Waals surface area (Å²) in [5.41, 5.74) is 0. The molecule has 4 atom stereocenters. The minimum absolute atomic E-state index is 0. The molecule has 0 aliphatic carbocycles.